The number of aryl methyl sites for hydroxylation is 1. The number of rotatable bonds is 3. The Balaban J connectivity index is 2.50. The van der Waals surface area contributed by atoms with Crippen LogP contribution in [0, 0.1) is 6.92 Å². The highest BCUT2D eigenvalue weighted by Crippen LogP contribution is 2.23. The fourth-order valence-corrected chi connectivity index (χ4v) is 2.37. The van der Waals surface area contributed by atoms with Gasteiger partial charge < -0.3 is 5.73 Å². The highest BCUT2D eigenvalue weighted by molar-refractivity contribution is 8.01. The van der Waals surface area contributed by atoms with Crippen molar-refractivity contribution in [1.29, 1.82) is 0 Å². The fourth-order valence-electron chi connectivity index (χ4n) is 0.546. The summed E-state index contributed by atoms with van der Waals surface area (Å²) in [6, 6.07) is 0. The van der Waals surface area contributed by atoms with Crippen LogP contribution in [0.2, 0.25) is 0 Å². The average Bonchev–Trinajstić information content (AvgIpc) is 2.35. The molecule has 0 amide bonds. The number of nitrogens with two attached hydrogens (primary N) is 1. The molecule has 5 heteroatoms. The molecule has 3 nitrogen and oxygen atoms in total. The van der Waals surface area contributed by atoms with Crippen LogP contribution >= 0.6 is 23.3 Å². The monoisotopic (exact) mass is 189 g/mol. The molecule has 0 bridgehead atoms. The van der Waals surface area contributed by atoms with Gasteiger partial charge in [0.2, 0.25) is 0 Å². The van der Waals surface area contributed by atoms with Gasteiger partial charge in [-0.3, -0.25) is 0 Å². The summed E-state index contributed by atoms with van der Waals surface area (Å²) in [5, 5.41) is 0.433. The van der Waals surface area contributed by atoms with E-state index in [9.17, 15) is 0 Å². The van der Waals surface area contributed by atoms with Crippen LogP contribution in [-0.4, -0.2) is 21.2 Å². The first kappa shape index (κ1) is 8.96. The smallest absolute Gasteiger partial charge is 0.170 e. The van der Waals surface area contributed by atoms with Crippen LogP contribution in [0.5, 0.6) is 0 Å². The molecule has 0 aromatic carbocycles. The Morgan fingerprint density at radius 1 is 1.73 bits per heavy atom. The highest BCUT2D eigenvalue weighted by Gasteiger charge is 2.05. The molecular formula is C6H11N3S2. The van der Waals surface area contributed by atoms with E-state index < -0.39 is 0 Å². The van der Waals surface area contributed by atoms with Crippen molar-refractivity contribution >= 4 is 23.3 Å². The van der Waals surface area contributed by atoms with Crippen LogP contribution in [0.3, 0.4) is 0 Å². The minimum Gasteiger partial charge on any atom is -0.329 e. The van der Waals surface area contributed by atoms with E-state index >= 15 is 0 Å². The highest BCUT2D eigenvalue weighted by atomic mass is 32.2. The van der Waals surface area contributed by atoms with Gasteiger partial charge in [0.15, 0.2) is 4.34 Å². The molecule has 0 aliphatic rings. The van der Waals surface area contributed by atoms with Crippen LogP contribution in [0.25, 0.3) is 0 Å². The Kier molecular flexibility index (Phi) is 3.29. The summed E-state index contributed by atoms with van der Waals surface area (Å²) in [6.07, 6.45) is 0. The summed E-state index contributed by atoms with van der Waals surface area (Å²) in [6.45, 7) is 4.67. The molecule has 11 heavy (non-hydrogen) atoms. The summed E-state index contributed by atoms with van der Waals surface area (Å²) in [5.74, 6) is 0.849. The van der Waals surface area contributed by atoms with E-state index in [0.29, 0.717) is 11.8 Å². The van der Waals surface area contributed by atoms with Crippen LogP contribution in [0.1, 0.15) is 12.7 Å². The van der Waals surface area contributed by atoms with Crippen molar-refractivity contribution in [2.75, 3.05) is 6.54 Å². The van der Waals surface area contributed by atoms with Gasteiger partial charge in [-0.2, -0.15) is 4.37 Å². The Morgan fingerprint density at radius 2 is 2.45 bits per heavy atom. The van der Waals surface area contributed by atoms with Crippen molar-refractivity contribution in [1.82, 2.24) is 9.36 Å². The van der Waals surface area contributed by atoms with Gasteiger partial charge in [-0.25, -0.2) is 4.98 Å². The molecule has 1 unspecified atom stereocenters. The van der Waals surface area contributed by atoms with Gasteiger partial charge in [0, 0.05) is 11.8 Å². The molecular weight excluding hydrogens is 178 g/mol. The predicted octanol–water partition coefficient (Wildman–Crippen LogP) is 1.29. The van der Waals surface area contributed by atoms with E-state index in [4.69, 9.17) is 5.73 Å². The van der Waals surface area contributed by atoms with E-state index in [-0.39, 0.29) is 0 Å². The van der Waals surface area contributed by atoms with Crippen molar-refractivity contribution in [3.8, 4) is 0 Å². The molecule has 0 spiro atoms. The van der Waals surface area contributed by atoms with Gasteiger partial charge in [-0.15, -0.1) is 0 Å². The van der Waals surface area contributed by atoms with Gasteiger partial charge in [0.05, 0.1) is 0 Å². The first-order valence-corrected chi connectivity index (χ1v) is 5.04. The Morgan fingerprint density at radius 3 is 2.91 bits per heavy atom. The molecule has 1 atom stereocenters. The lowest BCUT2D eigenvalue weighted by atomic mass is 10.5. The molecule has 0 saturated carbocycles. The lowest BCUT2D eigenvalue weighted by molar-refractivity contribution is 0.948. The van der Waals surface area contributed by atoms with Crippen LogP contribution in [0.15, 0.2) is 4.34 Å². The summed E-state index contributed by atoms with van der Waals surface area (Å²) in [4.78, 5) is 4.21. The predicted molar refractivity (Wildman–Crippen MR) is 49.0 cm³/mol. The third-order valence-corrected chi connectivity index (χ3v) is 3.15. The van der Waals surface area contributed by atoms with Crippen molar-refractivity contribution in [2.24, 2.45) is 5.73 Å². The van der Waals surface area contributed by atoms with Crippen molar-refractivity contribution in [3.63, 3.8) is 0 Å². The van der Waals surface area contributed by atoms with E-state index in [1.807, 2.05) is 6.92 Å². The van der Waals surface area contributed by atoms with Gasteiger partial charge in [-0.1, -0.05) is 18.7 Å². The molecule has 1 aromatic heterocycles. The number of aromatic nitrogens is 2. The second-order valence-electron chi connectivity index (χ2n) is 2.27. The molecule has 1 rings (SSSR count). The summed E-state index contributed by atoms with van der Waals surface area (Å²) in [5.41, 5.74) is 5.46. The Bertz CT molecular complexity index is 223. The molecule has 62 valence electrons. The third kappa shape index (κ3) is 2.76. The van der Waals surface area contributed by atoms with Gasteiger partial charge >= 0.3 is 0 Å². The zero-order chi connectivity index (χ0) is 8.27. The zero-order valence-electron chi connectivity index (χ0n) is 6.57. The molecule has 2 N–H and O–H groups in total. The molecule has 0 aliphatic carbocycles. The van der Waals surface area contributed by atoms with Crippen molar-refractivity contribution in [3.05, 3.63) is 5.82 Å². The normalized spacial score (nSPS) is 13.4. The minimum absolute atomic E-state index is 0.433. The maximum Gasteiger partial charge on any atom is 0.170 e. The standard InChI is InChI=1S/C6H11N3S2/c1-4(3-7)10-6-8-5(2)9-11-6/h4H,3,7H2,1-2H3. The van der Waals surface area contributed by atoms with Gasteiger partial charge in [-0.05, 0) is 18.5 Å². The number of hydrogen-bond acceptors (Lipinski definition) is 5. The Hall–Kier alpha value is -0.130. The first-order chi connectivity index (χ1) is 5.22. The quantitative estimate of drug-likeness (QED) is 0.728. The average molecular weight is 189 g/mol. The minimum atomic E-state index is 0.433. The zero-order valence-corrected chi connectivity index (χ0v) is 8.21. The van der Waals surface area contributed by atoms with Crippen molar-refractivity contribution in [2.45, 2.75) is 23.4 Å². The molecule has 1 heterocycles. The van der Waals surface area contributed by atoms with Crippen LogP contribution in [0.4, 0.5) is 0 Å². The fraction of sp³-hybridized carbons (Fsp3) is 0.667. The molecule has 1 aromatic rings. The topological polar surface area (TPSA) is 51.8 Å². The SMILES string of the molecule is Cc1nsc(SC(C)CN)n1. The second kappa shape index (κ2) is 4.04. The molecule has 0 aliphatic heterocycles. The molecule has 0 radical (unpaired) electrons. The van der Waals surface area contributed by atoms with Gasteiger partial charge in [0.1, 0.15) is 5.82 Å². The Labute approximate surface area is 74.6 Å². The van der Waals surface area contributed by atoms with E-state index in [0.717, 1.165) is 10.2 Å². The molecule has 0 fully saturated rings. The van der Waals surface area contributed by atoms with E-state index in [1.54, 1.807) is 11.8 Å². The van der Waals surface area contributed by atoms with Gasteiger partial charge in [0.25, 0.3) is 0 Å². The summed E-state index contributed by atoms with van der Waals surface area (Å²) >= 11 is 3.12. The third-order valence-electron chi connectivity index (χ3n) is 1.14. The lowest BCUT2D eigenvalue weighted by Crippen LogP contribution is -2.11. The maximum atomic E-state index is 5.46. The summed E-state index contributed by atoms with van der Waals surface area (Å²) < 4.78 is 5.09. The number of hydrogen-bond donors (Lipinski definition) is 1. The van der Waals surface area contributed by atoms with Crippen LogP contribution in [-0.2, 0) is 0 Å². The lowest BCUT2D eigenvalue weighted by Gasteiger charge is -2.02. The summed E-state index contributed by atoms with van der Waals surface area (Å²) in [7, 11) is 0. The maximum absolute atomic E-state index is 5.46. The second-order valence-corrected chi connectivity index (χ2v) is 4.71. The number of nitrogens with zero attached hydrogens (tertiary/aromatic N) is 2. The largest absolute Gasteiger partial charge is 0.329 e. The van der Waals surface area contributed by atoms with E-state index in [2.05, 4.69) is 16.3 Å². The molecule has 0 saturated heterocycles. The number of thioether (sulfide) groups is 1. The van der Waals surface area contributed by atoms with Crippen molar-refractivity contribution < 1.29 is 0 Å². The van der Waals surface area contributed by atoms with Crippen LogP contribution < -0.4 is 5.73 Å². The van der Waals surface area contributed by atoms with E-state index in [1.165, 1.54) is 11.5 Å². The first-order valence-electron chi connectivity index (χ1n) is 3.39.